The van der Waals surface area contributed by atoms with Crippen LogP contribution in [0.25, 0.3) is 0 Å². The summed E-state index contributed by atoms with van der Waals surface area (Å²) in [5.74, 6) is 0. The maximum atomic E-state index is 9.14. The predicted octanol–water partition coefficient (Wildman–Crippen LogP) is 1.02. The van der Waals surface area contributed by atoms with E-state index in [1.54, 1.807) is 0 Å². The third-order valence-corrected chi connectivity index (χ3v) is 3.24. The summed E-state index contributed by atoms with van der Waals surface area (Å²) in [6.07, 6.45) is 7.93. The van der Waals surface area contributed by atoms with Gasteiger partial charge in [-0.15, -0.1) is 0 Å². The standard InChI is InChI=1S/C14H19N3O/c1-17(10-11-18)14(8-2-3-9-16-14)12-4-6-13(15)7-5-12/h2-9,16,18H,10-11,15H2,1H3. The van der Waals surface area contributed by atoms with E-state index in [0.717, 1.165) is 11.3 Å². The van der Waals surface area contributed by atoms with Crippen LogP contribution >= 0.6 is 0 Å². The highest BCUT2D eigenvalue weighted by Crippen LogP contribution is 2.28. The molecule has 0 aromatic heterocycles. The molecule has 0 saturated heterocycles. The number of hydrogen-bond donors (Lipinski definition) is 3. The van der Waals surface area contributed by atoms with Gasteiger partial charge in [0.05, 0.1) is 6.61 Å². The summed E-state index contributed by atoms with van der Waals surface area (Å²) in [6, 6.07) is 7.77. The van der Waals surface area contributed by atoms with E-state index in [-0.39, 0.29) is 6.61 Å². The Hall–Kier alpha value is -1.78. The molecule has 2 rings (SSSR count). The lowest BCUT2D eigenvalue weighted by Crippen LogP contribution is -2.53. The van der Waals surface area contributed by atoms with Crippen molar-refractivity contribution in [2.45, 2.75) is 5.66 Å². The van der Waals surface area contributed by atoms with Gasteiger partial charge >= 0.3 is 0 Å². The number of rotatable bonds is 4. The van der Waals surface area contributed by atoms with Crippen molar-refractivity contribution < 1.29 is 5.11 Å². The minimum Gasteiger partial charge on any atom is -0.399 e. The van der Waals surface area contributed by atoms with Gasteiger partial charge < -0.3 is 16.2 Å². The van der Waals surface area contributed by atoms with E-state index in [2.05, 4.69) is 16.3 Å². The van der Waals surface area contributed by atoms with Gasteiger partial charge in [-0.3, -0.25) is 4.90 Å². The average Bonchev–Trinajstić information content (AvgIpc) is 2.40. The molecule has 0 radical (unpaired) electrons. The summed E-state index contributed by atoms with van der Waals surface area (Å²) < 4.78 is 0. The number of anilines is 1. The minimum atomic E-state index is -0.425. The molecule has 4 N–H and O–H groups in total. The zero-order valence-electron chi connectivity index (χ0n) is 10.5. The van der Waals surface area contributed by atoms with E-state index in [0.29, 0.717) is 6.54 Å². The van der Waals surface area contributed by atoms with Crippen LogP contribution in [-0.2, 0) is 5.66 Å². The molecule has 18 heavy (non-hydrogen) atoms. The van der Waals surface area contributed by atoms with Crippen LogP contribution < -0.4 is 11.1 Å². The normalized spacial score (nSPS) is 22.2. The zero-order chi connectivity index (χ0) is 13.0. The predicted molar refractivity (Wildman–Crippen MR) is 73.7 cm³/mol. The number of allylic oxidation sites excluding steroid dienone is 2. The number of aliphatic hydroxyl groups is 1. The van der Waals surface area contributed by atoms with Gasteiger partial charge in [0.1, 0.15) is 5.66 Å². The molecule has 0 bridgehead atoms. The lowest BCUT2D eigenvalue weighted by atomic mass is 9.95. The number of hydrogen-bond acceptors (Lipinski definition) is 4. The van der Waals surface area contributed by atoms with Gasteiger partial charge in [-0.2, -0.15) is 0 Å². The average molecular weight is 245 g/mol. The highest BCUT2D eigenvalue weighted by Gasteiger charge is 2.33. The molecule has 0 fully saturated rings. The summed E-state index contributed by atoms with van der Waals surface area (Å²) in [5, 5.41) is 12.5. The molecule has 4 heteroatoms. The molecule has 1 aromatic rings. The van der Waals surface area contributed by atoms with Gasteiger partial charge in [0.25, 0.3) is 0 Å². The summed E-state index contributed by atoms with van der Waals surface area (Å²) in [5.41, 5.74) is 7.14. The molecule has 1 heterocycles. The Morgan fingerprint density at radius 3 is 2.56 bits per heavy atom. The zero-order valence-corrected chi connectivity index (χ0v) is 10.5. The van der Waals surface area contributed by atoms with Gasteiger partial charge in [0, 0.05) is 12.2 Å². The lowest BCUT2D eigenvalue weighted by Gasteiger charge is -2.41. The van der Waals surface area contributed by atoms with Crippen molar-refractivity contribution in [3.05, 3.63) is 54.3 Å². The Morgan fingerprint density at radius 2 is 2.00 bits per heavy atom. The Morgan fingerprint density at radius 1 is 1.28 bits per heavy atom. The van der Waals surface area contributed by atoms with Crippen LogP contribution in [0.4, 0.5) is 5.69 Å². The van der Waals surface area contributed by atoms with Crippen molar-refractivity contribution in [3.8, 4) is 0 Å². The first kappa shape index (κ1) is 12.7. The third kappa shape index (κ3) is 2.25. The third-order valence-electron chi connectivity index (χ3n) is 3.24. The summed E-state index contributed by atoms with van der Waals surface area (Å²) >= 11 is 0. The number of nitrogens with two attached hydrogens (primary N) is 1. The van der Waals surface area contributed by atoms with Crippen molar-refractivity contribution in [1.29, 1.82) is 0 Å². The number of aliphatic hydroxyl groups excluding tert-OH is 1. The fourth-order valence-electron chi connectivity index (χ4n) is 2.17. The SMILES string of the molecule is CN(CCO)C1(c2ccc(N)cc2)C=CC=CN1. The molecule has 1 aromatic carbocycles. The molecule has 1 atom stereocenters. The number of nitrogens with zero attached hydrogens (tertiary/aromatic N) is 1. The molecular weight excluding hydrogens is 226 g/mol. The first-order valence-corrected chi connectivity index (χ1v) is 5.99. The number of benzene rings is 1. The van der Waals surface area contributed by atoms with Gasteiger partial charge in [-0.1, -0.05) is 18.2 Å². The molecule has 1 unspecified atom stereocenters. The van der Waals surface area contributed by atoms with Gasteiger partial charge in [-0.05, 0) is 43.1 Å². The number of nitrogens with one attached hydrogen (secondary N) is 1. The molecule has 0 aliphatic carbocycles. The molecule has 1 aliphatic rings. The fourth-order valence-corrected chi connectivity index (χ4v) is 2.17. The second-order valence-electron chi connectivity index (χ2n) is 4.40. The summed E-state index contributed by atoms with van der Waals surface area (Å²) in [4.78, 5) is 2.07. The second kappa shape index (κ2) is 5.25. The summed E-state index contributed by atoms with van der Waals surface area (Å²) in [7, 11) is 1.98. The smallest absolute Gasteiger partial charge is 0.136 e. The van der Waals surface area contributed by atoms with E-state index >= 15 is 0 Å². The summed E-state index contributed by atoms with van der Waals surface area (Å²) in [6.45, 7) is 0.696. The van der Waals surface area contributed by atoms with Crippen LogP contribution in [0.15, 0.2) is 48.7 Å². The highest BCUT2D eigenvalue weighted by molar-refractivity contribution is 5.43. The molecule has 0 saturated carbocycles. The van der Waals surface area contributed by atoms with Crippen molar-refractivity contribution in [2.75, 3.05) is 25.9 Å². The molecule has 4 nitrogen and oxygen atoms in total. The molecule has 1 aliphatic heterocycles. The first-order chi connectivity index (χ1) is 8.69. The van der Waals surface area contributed by atoms with E-state index in [4.69, 9.17) is 10.8 Å². The highest BCUT2D eigenvalue weighted by atomic mass is 16.3. The Labute approximate surface area is 107 Å². The molecule has 0 amide bonds. The van der Waals surface area contributed by atoms with Crippen LogP contribution in [0.3, 0.4) is 0 Å². The maximum Gasteiger partial charge on any atom is 0.136 e. The van der Waals surface area contributed by atoms with Crippen molar-refractivity contribution in [3.63, 3.8) is 0 Å². The van der Waals surface area contributed by atoms with E-state index < -0.39 is 5.66 Å². The largest absolute Gasteiger partial charge is 0.399 e. The van der Waals surface area contributed by atoms with Crippen LogP contribution in [0.2, 0.25) is 0 Å². The van der Waals surface area contributed by atoms with E-state index in [9.17, 15) is 0 Å². The van der Waals surface area contributed by atoms with Crippen LogP contribution in [0, 0.1) is 0 Å². The Bertz CT molecular complexity index is 453. The minimum absolute atomic E-state index is 0.118. The lowest BCUT2D eigenvalue weighted by molar-refractivity contribution is 0.112. The maximum absolute atomic E-state index is 9.14. The van der Waals surface area contributed by atoms with Gasteiger partial charge in [-0.25, -0.2) is 0 Å². The number of nitrogen functional groups attached to an aromatic ring is 1. The van der Waals surface area contributed by atoms with E-state index in [1.807, 2.05) is 49.7 Å². The number of likely N-dealkylation sites (N-methyl/N-ethyl adjacent to an activating group) is 1. The van der Waals surface area contributed by atoms with Crippen molar-refractivity contribution in [1.82, 2.24) is 10.2 Å². The van der Waals surface area contributed by atoms with Crippen LogP contribution in [0.1, 0.15) is 5.56 Å². The monoisotopic (exact) mass is 245 g/mol. The second-order valence-corrected chi connectivity index (χ2v) is 4.40. The van der Waals surface area contributed by atoms with Crippen LogP contribution in [-0.4, -0.2) is 30.2 Å². The topological polar surface area (TPSA) is 61.5 Å². The first-order valence-electron chi connectivity index (χ1n) is 5.99. The molecule has 96 valence electrons. The van der Waals surface area contributed by atoms with E-state index in [1.165, 1.54) is 0 Å². The van der Waals surface area contributed by atoms with Crippen molar-refractivity contribution >= 4 is 5.69 Å². The van der Waals surface area contributed by atoms with Crippen molar-refractivity contribution in [2.24, 2.45) is 0 Å². The Kier molecular flexibility index (Phi) is 3.69. The molecular formula is C14H19N3O. The quantitative estimate of drug-likeness (QED) is 0.693. The Balaban J connectivity index is 2.39. The molecule has 0 spiro atoms. The van der Waals surface area contributed by atoms with Gasteiger partial charge in [0.2, 0.25) is 0 Å². The van der Waals surface area contributed by atoms with Crippen LogP contribution in [0.5, 0.6) is 0 Å². The number of dihydropyridines is 1. The fraction of sp³-hybridized carbons (Fsp3) is 0.286. The van der Waals surface area contributed by atoms with Gasteiger partial charge in [0.15, 0.2) is 0 Å².